The number of aryl methyl sites for hydroxylation is 2. The van der Waals surface area contributed by atoms with E-state index in [9.17, 15) is 0 Å². The highest BCUT2D eigenvalue weighted by Crippen LogP contribution is 2.26. The van der Waals surface area contributed by atoms with E-state index in [-0.39, 0.29) is 0 Å². The third-order valence-corrected chi connectivity index (χ3v) is 4.30. The number of ether oxygens (including phenoxy) is 1. The number of hydrogen-bond donors (Lipinski definition) is 1. The van der Waals surface area contributed by atoms with Crippen molar-refractivity contribution in [2.45, 2.75) is 26.2 Å². The molecular weight excluding hydrogens is 282 g/mol. The van der Waals surface area contributed by atoms with Crippen molar-refractivity contribution < 1.29 is 4.74 Å². The molecule has 0 bridgehead atoms. The fraction of sp³-hybridized carbons (Fsp3) is 0.333. The maximum Gasteiger partial charge on any atom is 0.119 e. The Hall–Kier alpha value is -1.51. The molecule has 1 unspecified atom stereocenters. The van der Waals surface area contributed by atoms with E-state index in [1.54, 1.807) is 0 Å². The van der Waals surface area contributed by atoms with Gasteiger partial charge >= 0.3 is 0 Å². The van der Waals surface area contributed by atoms with Crippen LogP contribution >= 0.6 is 11.6 Å². The van der Waals surface area contributed by atoms with Crippen LogP contribution in [0, 0.1) is 13.8 Å². The smallest absolute Gasteiger partial charge is 0.119 e. The van der Waals surface area contributed by atoms with E-state index < -0.39 is 0 Å². The lowest BCUT2D eigenvalue weighted by atomic mass is 9.96. The van der Waals surface area contributed by atoms with Gasteiger partial charge in [-0.3, -0.25) is 0 Å². The SMILES string of the molecule is Cc1cc(OCCC(CN)c2ccccc2)cc(C)c1Cl. The van der Waals surface area contributed by atoms with Gasteiger partial charge in [-0.05, 0) is 61.6 Å². The average Bonchev–Trinajstić information content (AvgIpc) is 2.50. The van der Waals surface area contributed by atoms with Crippen molar-refractivity contribution in [1.29, 1.82) is 0 Å². The summed E-state index contributed by atoms with van der Waals surface area (Å²) in [5.74, 6) is 1.21. The molecule has 0 heterocycles. The van der Waals surface area contributed by atoms with Crippen molar-refractivity contribution in [3.63, 3.8) is 0 Å². The van der Waals surface area contributed by atoms with Crippen molar-refractivity contribution >= 4 is 11.6 Å². The number of benzene rings is 2. The summed E-state index contributed by atoms with van der Waals surface area (Å²) in [4.78, 5) is 0. The van der Waals surface area contributed by atoms with E-state index >= 15 is 0 Å². The van der Waals surface area contributed by atoms with Crippen LogP contribution in [0.15, 0.2) is 42.5 Å². The Morgan fingerprint density at radius 2 is 1.71 bits per heavy atom. The Balaban J connectivity index is 1.94. The van der Waals surface area contributed by atoms with Gasteiger partial charge in [0.15, 0.2) is 0 Å². The third-order valence-electron chi connectivity index (χ3n) is 3.70. The van der Waals surface area contributed by atoms with Crippen LogP contribution in [0.1, 0.15) is 29.0 Å². The van der Waals surface area contributed by atoms with E-state index in [4.69, 9.17) is 22.1 Å². The van der Waals surface area contributed by atoms with Crippen LogP contribution in [0.25, 0.3) is 0 Å². The summed E-state index contributed by atoms with van der Waals surface area (Å²) < 4.78 is 5.86. The summed E-state index contributed by atoms with van der Waals surface area (Å²) in [7, 11) is 0. The lowest BCUT2D eigenvalue weighted by Gasteiger charge is -2.16. The molecule has 0 aliphatic rings. The molecule has 2 N–H and O–H groups in total. The maximum absolute atomic E-state index is 6.16. The molecule has 112 valence electrons. The Morgan fingerprint density at radius 3 is 2.29 bits per heavy atom. The van der Waals surface area contributed by atoms with Gasteiger partial charge in [0.05, 0.1) is 6.61 Å². The molecule has 0 aliphatic carbocycles. The minimum Gasteiger partial charge on any atom is -0.494 e. The minimum absolute atomic E-state index is 0.334. The second-order valence-corrected chi connectivity index (χ2v) is 5.73. The lowest BCUT2D eigenvalue weighted by Crippen LogP contribution is -2.15. The summed E-state index contributed by atoms with van der Waals surface area (Å²) in [5.41, 5.74) is 9.24. The monoisotopic (exact) mass is 303 g/mol. The molecule has 2 aromatic carbocycles. The minimum atomic E-state index is 0.334. The van der Waals surface area contributed by atoms with Gasteiger partial charge in [0.25, 0.3) is 0 Å². The molecule has 2 rings (SSSR count). The molecule has 0 fully saturated rings. The molecule has 21 heavy (non-hydrogen) atoms. The molecule has 0 spiro atoms. The maximum atomic E-state index is 6.16. The van der Waals surface area contributed by atoms with Gasteiger partial charge in [-0.15, -0.1) is 0 Å². The standard InChI is InChI=1S/C18H22ClNO/c1-13-10-17(11-14(2)18(13)19)21-9-8-16(12-20)15-6-4-3-5-7-15/h3-7,10-11,16H,8-9,12,20H2,1-2H3. The molecule has 2 nitrogen and oxygen atoms in total. The van der Waals surface area contributed by atoms with Gasteiger partial charge in [-0.1, -0.05) is 41.9 Å². The molecular formula is C18H22ClNO. The second kappa shape index (κ2) is 7.48. The zero-order valence-corrected chi connectivity index (χ0v) is 13.4. The van der Waals surface area contributed by atoms with E-state index in [0.717, 1.165) is 28.3 Å². The average molecular weight is 304 g/mol. The van der Waals surface area contributed by atoms with Gasteiger partial charge in [-0.25, -0.2) is 0 Å². The predicted octanol–water partition coefficient (Wildman–Crippen LogP) is 4.47. The molecule has 0 saturated carbocycles. The molecule has 0 radical (unpaired) electrons. The van der Waals surface area contributed by atoms with Gasteiger partial charge in [-0.2, -0.15) is 0 Å². The van der Waals surface area contributed by atoms with Crippen LogP contribution in [-0.4, -0.2) is 13.2 Å². The molecule has 3 heteroatoms. The van der Waals surface area contributed by atoms with Crippen molar-refractivity contribution in [1.82, 2.24) is 0 Å². The van der Waals surface area contributed by atoms with Crippen molar-refractivity contribution in [2.75, 3.05) is 13.2 Å². The molecule has 0 aliphatic heterocycles. The first kappa shape index (κ1) is 15.9. The highest BCUT2D eigenvalue weighted by molar-refractivity contribution is 6.32. The van der Waals surface area contributed by atoms with E-state index in [2.05, 4.69) is 12.1 Å². The zero-order valence-electron chi connectivity index (χ0n) is 12.6. The Kier molecular flexibility index (Phi) is 5.66. The van der Waals surface area contributed by atoms with E-state index in [1.807, 2.05) is 44.2 Å². The summed E-state index contributed by atoms with van der Waals surface area (Å²) >= 11 is 6.16. The first-order valence-corrected chi connectivity index (χ1v) is 7.64. The quantitative estimate of drug-likeness (QED) is 0.854. The molecule has 0 saturated heterocycles. The van der Waals surface area contributed by atoms with Crippen molar-refractivity contribution in [2.24, 2.45) is 5.73 Å². The summed E-state index contributed by atoms with van der Waals surface area (Å²) in [6.07, 6.45) is 0.904. The molecule has 0 aromatic heterocycles. The normalized spacial score (nSPS) is 12.2. The number of nitrogens with two attached hydrogens (primary N) is 1. The Bertz CT molecular complexity index is 560. The number of halogens is 1. The largest absolute Gasteiger partial charge is 0.494 e. The molecule has 1 atom stereocenters. The predicted molar refractivity (Wildman–Crippen MR) is 89.3 cm³/mol. The molecule has 0 amide bonds. The van der Waals surface area contributed by atoms with Gasteiger partial charge in [0.2, 0.25) is 0 Å². The Morgan fingerprint density at radius 1 is 1.10 bits per heavy atom. The van der Waals surface area contributed by atoms with Crippen LogP contribution < -0.4 is 10.5 Å². The van der Waals surface area contributed by atoms with Gasteiger partial charge in [0, 0.05) is 5.02 Å². The third kappa shape index (κ3) is 4.23. The van der Waals surface area contributed by atoms with Crippen LogP contribution in [0.4, 0.5) is 0 Å². The summed E-state index contributed by atoms with van der Waals surface area (Å²) in [5, 5.41) is 0.812. The number of hydrogen-bond acceptors (Lipinski definition) is 2. The first-order chi connectivity index (χ1) is 10.1. The van der Waals surface area contributed by atoms with Crippen LogP contribution in [-0.2, 0) is 0 Å². The van der Waals surface area contributed by atoms with Gasteiger partial charge < -0.3 is 10.5 Å². The van der Waals surface area contributed by atoms with Crippen LogP contribution in [0.2, 0.25) is 5.02 Å². The second-order valence-electron chi connectivity index (χ2n) is 5.35. The highest BCUT2D eigenvalue weighted by Gasteiger charge is 2.10. The lowest BCUT2D eigenvalue weighted by molar-refractivity contribution is 0.298. The van der Waals surface area contributed by atoms with Crippen molar-refractivity contribution in [3.8, 4) is 5.75 Å². The van der Waals surface area contributed by atoms with Crippen molar-refractivity contribution in [3.05, 3.63) is 64.2 Å². The zero-order chi connectivity index (χ0) is 15.2. The number of rotatable bonds is 6. The summed E-state index contributed by atoms with van der Waals surface area (Å²) in [6.45, 7) is 5.27. The Labute approximate surface area is 131 Å². The van der Waals surface area contributed by atoms with E-state index in [1.165, 1.54) is 5.56 Å². The molecule has 2 aromatic rings. The topological polar surface area (TPSA) is 35.2 Å². The highest BCUT2D eigenvalue weighted by atomic mass is 35.5. The fourth-order valence-corrected chi connectivity index (χ4v) is 2.56. The van der Waals surface area contributed by atoms with Crippen LogP contribution in [0.3, 0.4) is 0 Å². The first-order valence-electron chi connectivity index (χ1n) is 7.26. The van der Waals surface area contributed by atoms with Crippen LogP contribution in [0.5, 0.6) is 5.75 Å². The summed E-state index contributed by atoms with van der Waals surface area (Å²) in [6, 6.07) is 14.3. The van der Waals surface area contributed by atoms with E-state index in [0.29, 0.717) is 19.1 Å². The van der Waals surface area contributed by atoms with Gasteiger partial charge in [0.1, 0.15) is 5.75 Å². The fourth-order valence-electron chi connectivity index (χ4n) is 2.45.